The summed E-state index contributed by atoms with van der Waals surface area (Å²) >= 11 is 5.93. The van der Waals surface area contributed by atoms with E-state index >= 15 is 0 Å². The topological polar surface area (TPSA) is 115 Å². The molecule has 0 saturated carbocycles. The number of hydrogen-bond acceptors (Lipinski definition) is 7. The zero-order valence-electron chi connectivity index (χ0n) is 20.9. The maximum atomic E-state index is 12.9. The lowest BCUT2D eigenvalue weighted by atomic mass is 9.84. The molecule has 1 saturated heterocycles. The van der Waals surface area contributed by atoms with Crippen LogP contribution in [0.2, 0.25) is 5.02 Å². The number of halogens is 1. The maximum absolute atomic E-state index is 12.9. The standard InChI is InChI=1S/C29H27ClN2O7/c30-18-4-1-16(2-5-18)13-31-27(34)12-20-11-22-21-10-19(6-8-23(21)39-28(22)26(14-33)38-20)32-29(35)17-3-7-24-25(9-17)37-15-36-24/h1-10,20,22,26,28,33H,11-15H2,(H,31,34)(H,32,35)/t20-,22-,26-,28+/m0/s1. The van der Waals surface area contributed by atoms with Gasteiger partial charge in [-0.1, -0.05) is 23.7 Å². The van der Waals surface area contributed by atoms with Gasteiger partial charge in [-0.15, -0.1) is 0 Å². The lowest BCUT2D eigenvalue weighted by Crippen LogP contribution is -2.47. The van der Waals surface area contributed by atoms with Gasteiger partial charge in [0, 0.05) is 34.3 Å². The van der Waals surface area contributed by atoms with E-state index in [1.54, 1.807) is 36.4 Å². The van der Waals surface area contributed by atoms with Crippen molar-refractivity contribution in [1.29, 1.82) is 0 Å². The third-order valence-electron chi connectivity index (χ3n) is 7.21. The minimum Gasteiger partial charge on any atom is -0.487 e. The van der Waals surface area contributed by atoms with E-state index in [0.717, 1.165) is 11.1 Å². The average Bonchev–Trinajstić information content (AvgIpc) is 3.56. The Morgan fingerprint density at radius 2 is 1.77 bits per heavy atom. The molecule has 0 aromatic heterocycles. The number of anilines is 1. The molecule has 0 unspecified atom stereocenters. The SMILES string of the molecule is O=C(C[C@@H]1C[C@H]2c3cc(NC(=O)c4ccc5c(c4)OCO5)ccc3O[C@H]2[C@H](CO)O1)NCc1ccc(Cl)cc1. The van der Waals surface area contributed by atoms with Crippen LogP contribution >= 0.6 is 11.6 Å². The van der Waals surface area contributed by atoms with E-state index in [2.05, 4.69) is 10.6 Å². The highest BCUT2D eigenvalue weighted by Crippen LogP contribution is 2.47. The second-order valence-corrected chi connectivity index (χ2v) is 10.2. The Labute approximate surface area is 230 Å². The monoisotopic (exact) mass is 550 g/mol. The molecule has 3 aliphatic heterocycles. The van der Waals surface area contributed by atoms with Crippen molar-refractivity contribution in [3.05, 3.63) is 82.4 Å². The van der Waals surface area contributed by atoms with Crippen molar-refractivity contribution >= 4 is 29.1 Å². The Balaban J connectivity index is 1.12. The van der Waals surface area contributed by atoms with Crippen LogP contribution in [0.5, 0.6) is 17.2 Å². The largest absolute Gasteiger partial charge is 0.487 e. The molecule has 3 heterocycles. The third kappa shape index (κ3) is 5.38. The number of aliphatic hydroxyl groups excluding tert-OH is 1. The minimum atomic E-state index is -0.572. The van der Waals surface area contributed by atoms with Crippen LogP contribution in [-0.4, -0.2) is 48.6 Å². The number of carbonyl (C=O) groups is 2. The molecule has 0 aliphatic carbocycles. The maximum Gasteiger partial charge on any atom is 0.255 e. The first-order valence-electron chi connectivity index (χ1n) is 12.8. The highest BCUT2D eigenvalue weighted by Gasteiger charge is 2.46. The number of fused-ring (bicyclic) bond motifs is 4. The first-order valence-corrected chi connectivity index (χ1v) is 13.1. The average molecular weight is 551 g/mol. The highest BCUT2D eigenvalue weighted by atomic mass is 35.5. The molecule has 0 radical (unpaired) electrons. The van der Waals surface area contributed by atoms with Crippen molar-refractivity contribution in [3.8, 4) is 17.2 Å². The highest BCUT2D eigenvalue weighted by molar-refractivity contribution is 6.30. The molecule has 4 atom stereocenters. The number of rotatable bonds is 7. The number of aliphatic hydroxyl groups is 1. The van der Waals surface area contributed by atoms with E-state index in [1.807, 2.05) is 24.3 Å². The Hall–Kier alpha value is -3.79. The van der Waals surface area contributed by atoms with Gasteiger partial charge in [0.25, 0.3) is 5.91 Å². The molecule has 9 nitrogen and oxygen atoms in total. The molecule has 6 rings (SSSR count). The molecule has 3 aliphatic rings. The second-order valence-electron chi connectivity index (χ2n) is 9.79. The molecule has 0 spiro atoms. The van der Waals surface area contributed by atoms with E-state index in [9.17, 15) is 14.7 Å². The van der Waals surface area contributed by atoms with E-state index < -0.39 is 12.2 Å². The van der Waals surface area contributed by atoms with Crippen molar-refractivity contribution in [1.82, 2.24) is 5.32 Å². The van der Waals surface area contributed by atoms with Gasteiger partial charge in [-0.3, -0.25) is 9.59 Å². The molecular formula is C29H27ClN2O7. The zero-order chi connectivity index (χ0) is 26.9. The van der Waals surface area contributed by atoms with Crippen LogP contribution < -0.4 is 24.8 Å². The van der Waals surface area contributed by atoms with Gasteiger partial charge >= 0.3 is 0 Å². The van der Waals surface area contributed by atoms with Gasteiger partial charge in [0.05, 0.1) is 19.1 Å². The number of hydrogen-bond donors (Lipinski definition) is 3. The molecule has 1 fully saturated rings. The van der Waals surface area contributed by atoms with Crippen LogP contribution in [0.4, 0.5) is 5.69 Å². The van der Waals surface area contributed by atoms with Gasteiger partial charge in [-0.2, -0.15) is 0 Å². The number of nitrogens with one attached hydrogen (secondary N) is 2. The Kier molecular flexibility index (Phi) is 7.03. The normalized spacial score (nSPS) is 22.4. The van der Waals surface area contributed by atoms with E-state index in [-0.39, 0.29) is 43.7 Å². The van der Waals surface area contributed by atoms with Crippen LogP contribution in [0.3, 0.4) is 0 Å². The molecule has 2 amide bonds. The fraction of sp³-hybridized carbons (Fsp3) is 0.310. The smallest absolute Gasteiger partial charge is 0.255 e. The van der Waals surface area contributed by atoms with E-state index in [1.165, 1.54) is 0 Å². The summed E-state index contributed by atoms with van der Waals surface area (Å²) in [4.78, 5) is 25.6. The number of amides is 2. The van der Waals surface area contributed by atoms with Gasteiger partial charge in [0.2, 0.25) is 12.7 Å². The van der Waals surface area contributed by atoms with Gasteiger partial charge in [-0.05, 0) is 60.5 Å². The van der Waals surface area contributed by atoms with Crippen LogP contribution in [0.1, 0.15) is 40.2 Å². The van der Waals surface area contributed by atoms with Gasteiger partial charge in [-0.25, -0.2) is 0 Å². The Bertz CT molecular complexity index is 1400. The molecule has 3 aromatic carbocycles. The van der Waals surface area contributed by atoms with Crippen LogP contribution in [0, 0.1) is 0 Å². The molecule has 0 bridgehead atoms. The first kappa shape index (κ1) is 25.5. The predicted octanol–water partition coefficient (Wildman–Crippen LogP) is 4.02. The summed E-state index contributed by atoms with van der Waals surface area (Å²) in [6.07, 6.45) is -0.643. The summed E-state index contributed by atoms with van der Waals surface area (Å²) in [5.41, 5.74) is 2.92. The molecular weight excluding hydrogens is 524 g/mol. The molecule has 10 heteroatoms. The Morgan fingerprint density at radius 3 is 2.59 bits per heavy atom. The van der Waals surface area contributed by atoms with Crippen molar-refractivity contribution < 1.29 is 33.6 Å². The lowest BCUT2D eigenvalue weighted by Gasteiger charge is -2.37. The number of benzene rings is 3. The number of carbonyl (C=O) groups excluding carboxylic acids is 2. The van der Waals surface area contributed by atoms with Crippen LogP contribution in [-0.2, 0) is 16.1 Å². The van der Waals surface area contributed by atoms with Gasteiger partial charge < -0.3 is 34.7 Å². The first-order chi connectivity index (χ1) is 19.0. The van der Waals surface area contributed by atoms with Crippen molar-refractivity contribution in [3.63, 3.8) is 0 Å². The lowest BCUT2D eigenvalue weighted by molar-refractivity contribution is -0.142. The summed E-state index contributed by atoms with van der Waals surface area (Å²) in [7, 11) is 0. The molecule has 3 N–H and O–H groups in total. The zero-order valence-corrected chi connectivity index (χ0v) is 21.6. The number of ether oxygens (including phenoxy) is 4. The van der Waals surface area contributed by atoms with Crippen molar-refractivity contribution in [2.24, 2.45) is 0 Å². The molecule has 202 valence electrons. The predicted molar refractivity (Wildman–Crippen MR) is 142 cm³/mol. The minimum absolute atomic E-state index is 0.0950. The van der Waals surface area contributed by atoms with Crippen molar-refractivity contribution in [2.75, 3.05) is 18.7 Å². The summed E-state index contributed by atoms with van der Waals surface area (Å²) < 4.78 is 22.9. The summed E-state index contributed by atoms with van der Waals surface area (Å²) in [6, 6.07) is 17.8. The van der Waals surface area contributed by atoms with E-state index in [0.29, 0.717) is 46.5 Å². The fourth-order valence-corrected chi connectivity index (χ4v) is 5.42. The second kappa shape index (κ2) is 10.8. The van der Waals surface area contributed by atoms with Gasteiger partial charge in [0.15, 0.2) is 11.5 Å². The summed E-state index contributed by atoms with van der Waals surface area (Å²) in [5.74, 6) is 1.31. The molecule has 39 heavy (non-hydrogen) atoms. The van der Waals surface area contributed by atoms with Gasteiger partial charge in [0.1, 0.15) is 18.0 Å². The van der Waals surface area contributed by atoms with Crippen LogP contribution in [0.25, 0.3) is 0 Å². The quantitative estimate of drug-likeness (QED) is 0.407. The summed E-state index contributed by atoms with van der Waals surface area (Å²) in [5, 5.41) is 16.5. The molecule has 3 aromatic rings. The fourth-order valence-electron chi connectivity index (χ4n) is 5.29. The van der Waals surface area contributed by atoms with E-state index in [4.69, 9.17) is 30.5 Å². The van der Waals surface area contributed by atoms with Crippen LogP contribution in [0.15, 0.2) is 60.7 Å². The van der Waals surface area contributed by atoms with Crippen molar-refractivity contribution in [2.45, 2.75) is 43.6 Å². The summed E-state index contributed by atoms with van der Waals surface area (Å²) in [6.45, 7) is 0.291. The Morgan fingerprint density at radius 1 is 0.974 bits per heavy atom. The third-order valence-corrected chi connectivity index (χ3v) is 7.46.